The predicted molar refractivity (Wildman–Crippen MR) is 128 cm³/mol. The van der Waals surface area contributed by atoms with Gasteiger partial charge in [-0.1, -0.05) is 25.5 Å². The van der Waals surface area contributed by atoms with Crippen LogP contribution in [0.2, 0.25) is 0 Å². The number of hydrogen-bond donors (Lipinski definition) is 2. The van der Waals surface area contributed by atoms with Crippen molar-refractivity contribution >= 4 is 11.6 Å². The van der Waals surface area contributed by atoms with Crippen LogP contribution in [-0.2, 0) is 28.5 Å². The third-order valence-electron chi connectivity index (χ3n) is 11.0. The lowest BCUT2D eigenvalue weighted by molar-refractivity contribution is -0.309. The molecule has 14 unspecified atom stereocenters. The number of aliphatic hydroxyl groups excluding tert-OH is 2. The number of allylic oxidation sites excluding steroid dienone is 1. The van der Waals surface area contributed by atoms with Crippen molar-refractivity contribution < 1.29 is 38.7 Å². The molecule has 4 aliphatic carbocycles. The van der Waals surface area contributed by atoms with Crippen LogP contribution in [0.3, 0.4) is 0 Å². The van der Waals surface area contributed by atoms with Crippen molar-refractivity contribution in [1.29, 1.82) is 0 Å². The van der Waals surface area contributed by atoms with Gasteiger partial charge in [0.1, 0.15) is 30.2 Å². The number of aliphatic hydroxyl groups is 2. The summed E-state index contributed by atoms with van der Waals surface area (Å²) in [6, 6.07) is 0. The van der Waals surface area contributed by atoms with E-state index >= 15 is 0 Å². The molecule has 6 aliphatic rings. The maximum atomic E-state index is 14.1. The van der Waals surface area contributed by atoms with E-state index in [1.807, 2.05) is 6.92 Å². The van der Waals surface area contributed by atoms with E-state index in [1.54, 1.807) is 6.92 Å². The molecule has 5 fully saturated rings. The zero-order valence-electron chi connectivity index (χ0n) is 21.9. The maximum absolute atomic E-state index is 14.1. The van der Waals surface area contributed by atoms with E-state index in [-0.39, 0.29) is 52.5 Å². The Morgan fingerprint density at radius 1 is 1.03 bits per heavy atom. The van der Waals surface area contributed by atoms with E-state index in [1.165, 1.54) is 12.7 Å². The summed E-state index contributed by atoms with van der Waals surface area (Å²) >= 11 is 0. The lowest BCUT2D eigenvalue weighted by Crippen LogP contribution is -2.61. The molecular weight excluding hydrogens is 464 g/mol. The van der Waals surface area contributed by atoms with Crippen molar-refractivity contribution in [3.63, 3.8) is 0 Å². The fourth-order valence-corrected chi connectivity index (χ4v) is 9.17. The quantitative estimate of drug-likeness (QED) is 0.563. The molecule has 3 saturated carbocycles. The minimum Gasteiger partial charge on any atom is -0.388 e. The van der Waals surface area contributed by atoms with E-state index in [4.69, 9.17) is 18.9 Å². The average molecular weight is 505 g/mol. The molecule has 0 bridgehead atoms. The number of ether oxygens (including phenoxy) is 4. The largest absolute Gasteiger partial charge is 0.388 e. The predicted octanol–water partition coefficient (Wildman–Crippen LogP) is 2.19. The molecule has 0 aromatic rings. The molecule has 0 aromatic heterocycles. The Morgan fingerprint density at radius 3 is 2.50 bits per heavy atom. The van der Waals surface area contributed by atoms with E-state index in [2.05, 4.69) is 19.9 Å². The van der Waals surface area contributed by atoms with Gasteiger partial charge in [0.25, 0.3) is 0 Å². The van der Waals surface area contributed by atoms with Crippen molar-refractivity contribution in [3.05, 3.63) is 11.6 Å². The van der Waals surface area contributed by atoms with Gasteiger partial charge in [-0.2, -0.15) is 0 Å². The first kappa shape index (κ1) is 25.1. The zero-order chi connectivity index (χ0) is 25.7. The van der Waals surface area contributed by atoms with Crippen LogP contribution in [0.1, 0.15) is 59.8 Å². The Kier molecular flexibility index (Phi) is 5.88. The van der Waals surface area contributed by atoms with Gasteiger partial charge in [0.2, 0.25) is 0 Å². The molecule has 14 atom stereocenters. The lowest BCUT2D eigenvalue weighted by atomic mass is 9.46. The number of carbonyl (C=O) groups excluding carboxylic acids is 2. The summed E-state index contributed by atoms with van der Waals surface area (Å²) in [6.45, 7) is 8.07. The monoisotopic (exact) mass is 504 g/mol. The third-order valence-corrected chi connectivity index (χ3v) is 11.0. The van der Waals surface area contributed by atoms with Crippen LogP contribution in [-0.4, -0.2) is 77.9 Å². The van der Waals surface area contributed by atoms with Crippen LogP contribution < -0.4 is 0 Å². The second-order valence-corrected chi connectivity index (χ2v) is 12.7. The Morgan fingerprint density at radius 2 is 1.78 bits per heavy atom. The van der Waals surface area contributed by atoms with Crippen LogP contribution in [0.15, 0.2) is 11.6 Å². The number of methoxy groups -OCH3 is 1. The van der Waals surface area contributed by atoms with Gasteiger partial charge in [-0.15, -0.1) is 0 Å². The molecular formula is C28H40O8. The SMILES string of the molecule is COC1C(O)C(C)OC(OC2CCC3(C)C(=CCC4C3C(=O)C3OC(C)C5CC(=O)C4C35C)C2)C1O. The number of hydrogen-bond acceptors (Lipinski definition) is 8. The number of ketones is 2. The summed E-state index contributed by atoms with van der Waals surface area (Å²) in [6.07, 6.45) is 0.668. The minimum atomic E-state index is -1.10. The van der Waals surface area contributed by atoms with E-state index in [9.17, 15) is 19.8 Å². The summed E-state index contributed by atoms with van der Waals surface area (Å²) in [5.74, 6) is 0.324. The Hall–Kier alpha value is -1.16. The van der Waals surface area contributed by atoms with Crippen molar-refractivity contribution in [2.75, 3.05) is 7.11 Å². The molecule has 0 aromatic carbocycles. The third kappa shape index (κ3) is 3.21. The molecule has 8 nitrogen and oxygen atoms in total. The highest BCUT2D eigenvalue weighted by atomic mass is 16.7. The van der Waals surface area contributed by atoms with Gasteiger partial charge < -0.3 is 29.2 Å². The Bertz CT molecular complexity index is 979. The molecule has 0 amide bonds. The van der Waals surface area contributed by atoms with Crippen molar-refractivity contribution in [1.82, 2.24) is 0 Å². The van der Waals surface area contributed by atoms with Crippen LogP contribution in [0.4, 0.5) is 0 Å². The Labute approximate surface area is 212 Å². The van der Waals surface area contributed by atoms with E-state index in [0.29, 0.717) is 25.0 Å². The average Bonchev–Trinajstić information content (AvgIpc) is 3.25. The van der Waals surface area contributed by atoms with Crippen molar-refractivity contribution in [2.24, 2.45) is 34.5 Å². The van der Waals surface area contributed by atoms with Crippen molar-refractivity contribution in [2.45, 2.75) is 109 Å². The molecule has 2 aliphatic heterocycles. The highest BCUT2D eigenvalue weighted by molar-refractivity contribution is 5.96. The highest BCUT2D eigenvalue weighted by Crippen LogP contribution is 2.67. The van der Waals surface area contributed by atoms with Crippen LogP contribution in [0, 0.1) is 34.5 Å². The summed E-state index contributed by atoms with van der Waals surface area (Å²) in [7, 11) is 1.46. The molecule has 200 valence electrons. The molecule has 36 heavy (non-hydrogen) atoms. The van der Waals surface area contributed by atoms with Gasteiger partial charge in [0.05, 0.1) is 18.3 Å². The number of fused-ring (bicyclic) bond motifs is 4. The van der Waals surface area contributed by atoms with Gasteiger partial charge in [0, 0.05) is 36.7 Å². The van der Waals surface area contributed by atoms with Crippen molar-refractivity contribution in [3.8, 4) is 0 Å². The molecule has 8 heteroatoms. The van der Waals surface area contributed by atoms with E-state index in [0.717, 1.165) is 12.8 Å². The smallest absolute Gasteiger partial charge is 0.186 e. The molecule has 2 heterocycles. The fraction of sp³-hybridized carbons (Fsp3) is 0.857. The van der Waals surface area contributed by atoms with Crippen LogP contribution in [0.25, 0.3) is 0 Å². The van der Waals surface area contributed by atoms with E-state index < -0.39 is 36.8 Å². The molecule has 0 spiro atoms. The lowest BCUT2D eigenvalue weighted by Gasteiger charge is -2.57. The highest BCUT2D eigenvalue weighted by Gasteiger charge is 2.72. The first-order chi connectivity index (χ1) is 17.0. The summed E-state index contributed by atoms with van der Waals surface area (Å²) in [5, 5.41) is 21.0. The second kappa shape index (κ2) is 8.42. The van der Waals surface area contributed by atoms with Gasteiger partial charge in [-0.25, -0.2) is 0 Å². The van der Waals surface area contributed by atoms with Gasteiger partial charge in [-0.05, 0) is 50.9 Å². The first-order valence-electron chi connectivity index (χ1n) is 13.6. The second-order valence-electron chi connectivity index (χ2n) is 12.7. The summed E-state index contributed by atoms with van der Waals surface area (Å²) in [5.41, 5.74) is 0.482. The van der Waals surface area contributed by atoms with Crippen LogP contribution >= 0.6 is 0 Å². The standard InChI is InChI=1S/C28H40O8/c1-12-17-11-18(29)19-16-7-6-14-10-15(36-26-23(32)24(33-5)21(30)13(2)35-26)8-9-27(14,3)20(16)22(31)25(34-12)28(17,19)4/h6,12-13,15-17,19-21,23-26,30,32H,7-11H2,1-5H3. The summed E-state index contributed by atoms with van der Waals surface area (Å²) < 4.78 is 23.6. The topological polar surface area (TPSA) is 112 Å². The number of rotatable bonds is 3. The van der Waals surface area contributed by atoms with Gasteiger partial charge in [0.15, 0.2) is 12.1 Å². The normalized spacial score (nSPS) is 56.1. The molecule has 2 saturated heterocycles. The Balaban J connectivity index is 1.24. The number of carbonyl (C=O) groups is 2. The molecule has 2 N–H and O–H groups in total. The van der Waals surface area contributed by atoms with Gasteiger partial charge in [-0.3, -0.25) is 9.59 Å². The fourth-order valence-electron chi connectivity index (χ4n) is 9.17. The van der Waals surface area contributed by atoms with Crippen LogP contribution in [0.5, 0.6) is 0 Å². The zero-order valence-corrected chi connectivity index (χ0v) is 21.9. The molecule has 6 rings (SSSR count). The first-order valence-corrected chi connectivity index (χ1v) is 13.6. The molecule has 0 radical (unpaired) electrons. The number of Topliss-reactive ketones (excluding diaryl/α,β-unsaturated/α-hetero) is 2. The van der Waals surface area contributed by atoms with Gasteiger partial charge >= 0.3 is 0 Å². The maximum Gasteiger partial charge on any atom is 0.186 e. The summed E-state index contributed by atoms with van der Waals surface area (Å²) in [4.78, 5) is 27.4. The minimum absolute atomic E-state index is 0.0321.